The van der Waals surface area contributed by atoms with Gasteiger partial charge in [-0.15, -0.1) is 11.3 Å². The minimum atomic E-state index is -0.295. The molecule has 0 spiro atoms. The Labute approximate surface area is 136 Å². The molecule has 0 aliphatic carbocycles. The van der Waals surface area contributed by atoms with Crippen molar-refractivity contribution in [1.29, 1.82) is 0 Å². The molecule has 0 bridgehead atoms. The highest BCUT2D eigenvalue weighted by molar-refractivity contribution is 7.07. The lowest BCUT2D eigenvalue weighted by atomic mass is 10.1. The zero-order valence-electron chi connectivity index (χ0n) is 12.5. The monoisotopic (exact) mass is 330 g/mol. The molecule has 1 aromatic carbocycles. The highest BCUT2D eigenvalue weighted by Gasteiger charge is 2.13. The van der Waals surface area contributed by atoms with Gasteiger partial charge >= 0.3 is 0 Å². The molecule has 0 unspecified atom stereocenters. The fraction of sp³-hybridized carbons (Fsp3) is 0.188. The smallest absolute Gasteiger partial charge is 0.271 e. The molecule has 3 rings (SSSR count). The molecule has 7 heteroatoms. The van der Waals surface area contributed by atoms with Crippen LogP contribution in [0.15, 0.2) is 41.2 Å². The van der Waals surface area contributed by atoms with Crippen LogP contribution in [0.3, 0.4) is 0 Å². The van der Waals surface area contributed by atoms with Gasteiger partial charge in [0.05, 0.1) is 16.9 Å². The van der Waals surface area contributed by atoms with E-state index in [0.29, 0.717) is 18.7 Å². The van der Waals surface area contributed by atoms with Crippen LogP contribution in [0.2, 0.25) is 0 Å². The summed E-state index contributed by atoms with van der Waals surface area (Å²) >= 11 is 1.53. The molecule has 23 heavy (non-hydrogen) atoms. The molecule has 0 aliphatic heterocycles. The molecule has 3 aromatic rings. The van der Waals surface area contributed by atoms with Gasteiger partial charge in [0.25, 0.3) is 5.91 Å². The van der Waals surface area contributed by atoms with Gasteiger partial charge in [0.2, 0.25) is 0 Å². The molecule has 0 fully saturated rings. The van der Waals surface area contributed by atoms with Crippen molar-refractivity contribution in [3.63, 3.8) is 0 Å². The van der Waals surface area contributed by atoms with E-state index >= 15 is 0 Å². The summed E-state index contributed by atoms with van der Waals surface area (Å²) in [5.41, 5.74) is 4.64. The van der Waals surface area contributed by atoms with Crippen molar-refractivity contribution in [3.05, 3.63) is 58.4 Å². The van der Waals surface area contributed by atoms with Crippen molar-refractivity contribution >= 4 is 17.2 Å². The molecule has 0 atom stereocenters. The Hall–Kier alpha value is -2.54. The van der Waals surface area contributed by atoms with E-state index in [0.717, 1.165) is 17.0 Å². The molecule has 2 heterocycles. The number of halogens is 1. The number of carbonyl (C=O) groups is 1. The van der Waals surface area contributed by atoms with Gasteiger partial charge in [0.1, 0.15) is 5.82 Å². The van der Waals surface area contributed by atoms with Gasteiger partial charge in [-0.1, -0.05) is 0 Å². The second kappa shape index (κ2) is 6.70. The molecular weight excluding hydrogens is 315 g/mol. The molecule has 0 radical (unpaired) electrons. The summed E-state index contributed by atoms with van der Waals surface area (Å²) in [6.07, 6.45) is 0.687. The highest BCUT2D eigenvalue weighted by atomic mass is 32.1. The van der Waals surface area contributed by atoms with E-state index in [2.05, 4.69) is 15.4 Å². The number of nitrogens with zero attached hydrogens (tertiary/aromatic N) is 3. The molecule has 0 saturated heterocycles. The lowest BCUT2D eigenvalue weighted by molar-refractivity contribution is 0.0948. The van der Waals surface area contributed by atoms with Crippen LogP contribution in [0.25, 0.3) is 11.3 Å². The Bertz CT molecular complexity index is 796. The zero-order valence-corrected chi connectivity index (χ0v) is 13.3. The van der Waals surface area contributed by atoms with Gasteiger partial charge in [0.15, 0.2) is 5.69 Å². The Morgan fingerprint density at radius 3 is 2.83 bits per heavy atom. The third-order valence-electron chi connectivity index (χ3n) is 3.40. The van der Waals surface area contributed by atoms with Gasteiger partial charge in [-0.3, -0.25) is 9.48 Å². The van der Waals surface area contributed by atoms with E-state index in [1.54, 1.807) is 35.4 Å². The van der Waals surface area contributed by atoms with Crippen LogP contribution in [-0.2, 0) is 13.5 Å². The Balaban J connectivity index is 1.67. The number of aryl methyl sites for hydroxylation is 1. The van der Waals surface area contributed by atoms with E-state index in [1.165, 1.54) is 23.5 Å². The number of nitrogens with one attached hydrogen (secondary N) is 1. The maximum absolute atomic E-state index is 13.0. The van der Waals surface area contributed by atoms with Crippen molar-refractivity contribution in [2.24, 2.45) is 7.05 Å². The second-order valence-electron chi connectivity index (χ2n) is 5.03. The number of aromatic nitrogens is 3. The van der Waals surface area contributed by atoms with E-state index in [9.17, 15) is 9.18 Å². The van der Waals surface area contributed by atoms with Crippen LogP contribution < -0.4 is 5.32 Å². The first kappa shape index (κ1) is 15.4. The molecule has 5 nitrogen and oxygen atoms in total. The molecule has 1 amide bonds. The van der Waals surface area contributed by atoms with Crippen molar-refractivity contribution < 1.29 is 9.18 Å². The average Bonchev–Trinajstić information content (AvgIpc) is 3.18. The van der Waals surface area contributed by atoms with Gasteiger partial charge in [-0.25, -0.2) is 9.37 Å². The molecule has 0 saturated carbocycles. The fourth-order valence-corrected chi connectivity index (χ4v) is 2.82. The number of hydrogen-bond donors (Lipinski definition) is 1. The molecular formula is C16H15FN4OS. The maximum atomic E-state index is 13.0. The molecule has 118 valence electrons. The van der Waals surface area contributed by atoms with Crippen LogP contribution in [-0.4, -0.2) is 27.2 Å². The van der Waals surface area contributed by atoms with E-state index in [4.69, 9.17) is 0 Å². The summed E-state index contributed by atoms with van der Waals surface area (Å²) in [5.74, 6) is -0.528. The molecule has 1 N–H and O–H groups in total. The van der Waals surface area contributed by atoms with E-state index in [1.807, 2.05) is 5.38 Å². The molecule has 0 aliphatic rings. The summed E-state index contributed by atoms with van der Waals surface area (Å²) in [6, 6.07) is 7.80. The molecule has 2 aromatic heterocycles. The van der Waals surface area contributed by atoms with E-state index < -0.39 is 0 Å². The van der Waals surface area contributed by atoms with Gasteiger partial charge in [-0.05, 0) is 35.9 Å². The highest BCUT2D eigenvalue weighted by Crippen LogP contribution is 2.20. The van der Waals surface area contributed by atoms with Gasteiger partial charge in [-0.2, -0.15) is 5.10 Å². The second-order valence-corrected chi connectivity index (χ2v) is 5.75. The number of amides is 1. The van der Waals surface area contributed by atoms with Crippen molar-refractivity contribution in [2.45, 2.75) is 6.42 Å². The number of carbonyl (C=O) groups excluding carboxylic acids is 1. The minimum Gasteiger partial charge on any atom is -0.350 e. The largest absolute Gasteiger partial charge is 0.350 e. The first-order chi connectivity index (χ1) is 11.1. The number of benzene rings is 1. The average molecular weight is 330 g/mol. The number of hydrogen-bond acceptors (Lipinski definition) is 4. The predicted octanol–water partition coefficient (Wildman–Crippen LogP) is 2.66. The number of rotatable bonds is 5. The van der Waals surface area contributed by atoms with Crippen LogP contribution in [0.5, 0.6) is 0 Å². The lowest BCUT2D eigenvalue weighted by Crippen LogP contribution is -2.26. The third kappa shape index (κ3) is 3.62. The van der Waals surface area contributed by atoms with Gasteiger partial charge < -0.3 is 5.32 Å². The summed E-state index contributed by atoms with van der Waals surface area (Å²) in [4.78, 5) is 16.3. The van der Waals surface area contributed by atoms with Crippen molar-refractivity contribution in [3.8, 4) is 11.3 Å². The summed E-state index contributed by atoms with van der Waals surface area (Å²) in [7, 11) is 1.75. The Morgan fingerprint density at radius 1 is 1.35 bits per heavy atom. The number of thiazole rings is 1. The normalized spacial score (nSPS) is 10.7. The van der Waals surface area contributed by atoms with E-state index in [-0.39, 0.29) is 11.7 Å². The summed E-state index contributed by atoms with van der Waals surface area (Å²) in [5, 5.41) is 9.01. The summed E-state index contributed by atoms with van der Waals surface area (Å²) in [6.45, 7) is 0.505. The topological polar surface area (TPSA) is 59.8 Å². The predicted molar refractivity (Wildman–Crippen MR) is 86.8 cm³/mol. The quantitative estimate of drug-likeness (QED) is 0.782. The van der Waals surface area contributed by atoms with Crippen LogP contribution in [0.1, 0.15) is 16.2 Å². The third-order valence-corrected chi connectivity index (χ3v) is 4.04. The van der Waals surface area contributed by atoms with Crippen molar-refractivity contribution in [2.75, 3.05) is 6.54 Å². The standard InChI is InChI=1S/C16H15FN4OS/c1-21-15(11-2-4-12(17)5-3-11)8-14(20-21)16(22)18-7-6-13-9-23-10-19-13/h2-5,8-10H,6-7H2,1H3,(H,18,22). The zero-order chi connectivity index (χ0) is 16.2. The maximum Gasteiger partial charge on any atom is 0.271 e. The first-order valence-corrected chi connectivity index (χ1v) is 8.03. The Kier molecular flexibility index (Phi) is 4.47. The Morgan fingerprint density at radius 2 is 2.13 bits per heavy atom. The van der Waals surface area contributed by atoms with Crippen LogP contribution in [0.4, 0.5) is 4.39 Å². The minimum absolute atomic E-state index is 0.232. The van der Waals surface area contributed by atoms with Crippen molar-refractivity contribution in [1.82, 2.24) is 20.1 Å². The first-order valence-electron chi connectivity index (χ1n) is 7.09. The summed E-state index contributed by atoms with van der Waals surface area (Å²) < 4.78 is 14.6. The van der Waals surface area contributed by atoms with Gasteiger partial charge in [0, 0.05) is 25.4 Å². The van der Waals surface area contributed by atoms with Crippen LogP contribution >= 0.6 is 11.3 Å². The fourth-order valence-electron chi connectivity index (χ4n) is 2.22. The van der Waals surface area contributed by atoms with Crippen LogP contribution in [0, 0.1) is 5.82 Å². The lowest BCUT2D eigenvalue weighted by Gasteiger charge is -2.00. The SMILES string of the molecule is Cn1nc(C(=O)NCCc2cscn2)cc1-c1ccc(F)cc1.